The number of ether oxygens (including phenoxy) is 1. The largest absolute Gasteiger partial charge is 0.423 e. The van der Waals surface area contributed by atoms with Crippen LogP contribution >= 0.6 is 0 Å². The fourth-order valence-corrected chi connectivity index (χ4v) is 3.04. The standard InChI is InChI=1S/C22H24N4O2/c1-3-27-14-17-5-4-16(2)20(12-17)25-22-24-13-21(28-22)18-6-8-19(9-7-18)26-11-10-23-15-26/h4-13,23H,3,14-15H2,1-2H3,(H,24,25). The molecular formula is C22H24N4O2. The molecule has 1 aliphatic heterocycles. The van der Waals surface area contributed by atoms with Crippen molar-refractivity contribution in [3.05, 3.63) is 72.2 Å². The SMILES string of the molecule is CCOCc1ccc(C)c(Nc2ncc(-c3ccc(N4C=CNC4)cc3)o2)c1. The maximum atomic E-state index is 5.92. The van der Waals surface area contributed by atoms with Gasteiger partial charge < -0.3 is 24.7 Å². The zero-order valence-electron chi connectivity index (χ0n) is 16.1. The number of benzene rings is 2. The second kappa shape index (κ2) is 8.19. The molecule has 0 amide bonds. The smallest absolute Gasteiger partial charge is 0.299 e. The molecule has 3 aromatic rings. The molecular weight excluding hydrogens is 352 g/mol. The first-order chi connectivity index (χ1) is 13.7. The van der Waals surface area contributed by atoms with Crippen LogP contribution in [-0.2, 0) is 11.3 Å². The Morgan fingerprint density at radius 2 is 2.07 bits per heavy atom. The Bertz CT molecular complexity index is 963. The molecule has 0 bridgehead atoms. The van der Waals surface area contributed by atoms with Crippen LogP contribution in [-0.4, -0.2) is 18.3 Å². The van der Waals surface area contributed by atoms with Crippen molar-refractivity contribution in [3.8, 4) is 11.3 Å². The van der Waals surface area contributed by atoms with Crippen molar-refractivity contribution >= 4 is 17.4 Å². The molecule has 2 N–H and O–H groups in total. The van der Waals surface area contributed by atoms with Gasteiger partial charge in [0.2, 0.25) is 0 Å². The predicted molar refractivity (Wildman–Crippen MR) is 111 cm³/mol. The highest BCUT2D eigenvalue weighted by Crippen LogP contribution is 2.28. The second-order valence-electron chi connectivity index (χ2n) is 6.64. The van der Waals surface area contributed by atoms with Gasteiger partial charge in [-0.25, -0.2) is 4.98 Å². The first-order valence-electron chi connectivity index (χ1n) is 9.40. The Labute approximate surface area is 164 Å². The van der Waals surface area contributed by atoms with Gasteiger partial charge in [-0.05, 0) is 55.3 Å². The molecule has 0 aliphatic carbocycles. The van der Waals surface area contributed by atoms with E-state index < -0.39 is 0 Å². The highest BCUT2D eigenvalue weighted by molar-refractivity contribution is 5.64. The average molecular weight is 376 g/mol. The van der Waals surface area contributed by atoms with E-state index in [0.717, 1.165) is 40.5 Å². The lowest BCUT2D eigenvalue weighted by Gasteiger charge is -2.14. The van der Waals surface area contributed by atoms with Gasteiger partial charge in [0, 0.05) is 35.9 Å². The van der Waals surface area contributed by atoms with E-state index in [4.69, 9.17) is 9.15 Å². The highest BCUT2D eigenvalue weighted by Gasteiger charge is 2.10. The van der Waals surface area contributed by atoms with Crippen molar-refractivity contribution in [2.45, 2.75) is 20.5 Å². The fourth-order valence-electron chi connectivity index (χ4n) is 3.04. The maximum Gasteiger partial charge on any atom is 0.299 e. The molecule has 28 heavy (non-hydrogen) atoms. The third-order valence-corrected chi connectivity index (χ3v) is 4.64. The van der Waals surface area contributed by atoms with Crippen LogP contribution in [0.15, 0.2) is 65.5 Å². The molecule has 0 spiro atoms. The molecule has 2 heterocycles. The number of oxazole rings is 1. The maximum absolute atomic E-state index is 5.92. The third kappa shape index (κ3) is 4.02. The van der Waals surface area contributed by atoms with Crippen molar-refractivity contribution in [3.63, 3.8) is 0 Å². The van der Waals surface area contributed by atoms with Crippen molar-refractivity contribution in [1.82, 2.24) is 10.3 Å². The van der Waals surface area contributed by atoms with Crippen molar-refractivity contribution < 1.29 is 9.15 Å². The molecule has 1 aliphatic rings. The number of hydrogen-bond donors (Lipinski definition) is 2. The zero-order valence-corrected chi connectivity index (χ0v) is 16.1. The molecule has 0 saturated carbocycles. The molecule has 1 aromatic heterocycles. The van der Waals surface area contributed by atoms with Crippen molar-refractivity contribution in [2.75, 3.05) is 23.5 Å². The van der Waals surface area contributed by atoms with E-state index in [2.05, 4.69) is 57.8 Å². The Morgan fingerprint density at radius 3 is 2.82 bits per heavy atom. The van der Waals surface area contributed by atoms with Crippen LogP contribution in [0.2, 0.25) is 0 Å². The van der Waals surface area contributed by atoms with Crippen LogP contribution in [0.3, 0.4) is 0 Å². The topological polar surface area (TPSA) is 62.6 Å². The number of anilines is 3. The Balaban J connectivity index is 1.48. The van der Waals surface area contributed by atoms with E-state index in [1.165, 1.54) is 0 Å². The zero-order chi connectivity index (χ0) is 19.3. The predicted octanol–water partition coefficient (Wildman–Crippen LogP) is 4.77. The minimum absolute atomic E-state index is 0.474. The molecule has 0 saturated heterocycles. The summed E-state index contributed by atoms with van der Waals surface area (Å²) >= 11 is 0. The van der Waals surface area contributed by atoms with Gasteiger partial charge in [-0.1, -0.05) is 12.1 Å². The van der Waals surface area contributed by atoms with Gasteiger partial charge in [-0.2, -0.15) is 0 Å². The summed E-state index contributed by atoms with van der Waals surface area (Å²) in [4.78, 5) is 6.51. The van der Waals surface area contributed by atoms with Gasteiger partial charge in [0.25, 0.3) is 6.01 Å². The van der Waals surface area contributed by atoms with Gasteiger partial charge in [0.1, 0.15) is 0 Å². The van der Waals surface area contributed by atoms with Crippen molar-refractivity contribution in [2.24, 2.45) is 0 Å². The molecule has 144 valence electrons. The molecule has 0 radical (unpaired) electrons. The summed E-state index contributed by atoms with van der Waals surface area (Å²) in [6, 6.07) is 14.9. The summed E-state index contributed by atoms with van der Waals surface area (Å²) in [6.45, 7) is 6.13. The third-order valence-electron chi connectivity index (χ3n) is 4.64. The van der Waals surface area contributed by atoms with E-state index >= 15 is 0 Å². The number of aromatic nitrogens is 1. The summed E-state index contributed by atoms with van der Waals surface area (Å²) in [6.07, 6.45) is 5.70. The summed E-state index contributed by atoms with van der Waals surface area (Å²) in [5, 5.41) is 6.44. The summed E-state index contributed by atoms with van der Waals surface area (Å²) in [7, 11) is 0. The van der Waals surface area contributed by atoms with E-state index in [-0.39, 0.29) is 0 Å². The van der Waals surface area contributed by atoms with E-state index in [1.54, 1.807) is 6.20 Å². The number of aryl methyl sites for hydroxylation is 1. The Morgan fingerprint density at radius 1 is 1.21 bits per heavy atom. The minimum atomic E-state index is 0.474. The average Bonchev–Trinajstić information content (AvgIpc) is 3.41. The lowest BCUT2D eigenvalue weighted by molar-refractivity contribution is 0.134. The quantitative estimate of drug-likeness (QED) is 0.619. The van der Waals surface area contributed by atoms with Crippen LogP contribution in [0.5, 0.6) is 0 Å². The van der Waals surface area contributed by atoms with Crippen LogP contribution in [0.25, 0.3) is 11.3 Å². The lowest BCUT2D eigenvalue weighted by Crippen LogP contribution is -2.19. The van der Waals surface area contributed by atoms with Gasteiger partial charge in [-0.3, -0.25) is 0 Å². The molecule has 0 fully saturated rings. The van der Waals surface area contributed by atoms with Crippen LogP contribution < -0.4 is 15.5 Å². The number of nitrogens with zero attached hydrogens (tertiary/aromatic N) is 2. The van der Waals surface area contributed by atoms with Gasteiger partial charge in [-0.15, -0.1) is 0 Å². The van der Waals surface area contributed by atoms with Crippen molar-refractivity contribution in [1.29, 1.82) is 0 Å². The van der Waals surface area contributed by atoms with E-state index in [0.29, 0.717) is 19.2 Å². The Hall–Kier alpha value is -3.25. The second-order valence-corrected chi connectivity index (χ2v) is 6.64. The molecule has 0 unspecified atom stereocenters. The van der Waals surface area contributed by atoms with Gasteiger partial charge in [0.15, 0.2) is 5.76 Å². The van der Waals surface area contributed by atoms with Crippen LogP contribution in [0.4, 0.5) is 17.4 Å². The first-order valence-corrected chi connectivity index (χ1v) is 9.40. The summed E-state index contributed by atoms with van der Waals surface area (Å²) < 4.78 is 11.4. The molecule has 4 rings (SSSR count). The number of rotatable bonds is 7. The van der Waals surface area contributed by atoms with E-state index in [1.807, 2.05) is 31.5 Å². The van der Waals surface area contributed by atoms with Crippen LogP contribution in [0, 0.1) is 6.92 Å². The number of hydrogen-bond acceptors (Lipinski definition) is 6. The highest BCUT2D eigenvalue weighted by atomic mass is 16.5. The minimum Gasteiger partial charge on any atom is -0.423 e. The lowest BCUT2D eigenvalue weighted by atomic mass is 10.1. The van der Waals surface area contributed by atoms with Crippen LogP contribution in [0.1, 0.15) is 18.1 Å². The molecule has 0 atom stereocenters. The van der Waals surface area contributed by atoms with E-state index in [9.17, 15) is 0 Å². The van der Waals surface area contributed by atoms with Gasteiger partial charge in [0.05, 0.1) is 19.5 Å². The Kier molecular flexibility index (Phi) is 5.30. The monoisotopic (exact) mass is 376 g/mol. The normalized spacial score (nSPS) is 13.0. The molecule has 2 aromatic carbocycles. The summed E-state index contributed by atoms with van der Waals surface area (Å²) in [5.41, 5.74) is 5.32. The summed E-state index contributed by atoms with van der Waals surface area (Å²) in [5.74, 6) is 0.729. The number of nitrogens with one attached hydrogen (secondary N) is 2. The fraction of sp³-hybridized carbons (Fsp3) is 0.227. The molecule has 6 heteroatoms. The van der Waals surface area contributed by atoms with Gasteiger partial charge >= 0.3 is 0 Å². The molecule has 6 nitrogen and oxygen atoms in total. The first kappa shape index (κ1) is 18.1.